The van der Waals surface area contributed by atoms with Gasteiger partial charge in [-0.25, -0.2) is 0 Å². The second-order valence-corrected chi connectivity index (χ2v) is 5.49. The molecule has 0 spiro atoms. The van der Waals surface area contributed by atoms with Gasteiger partial charge in [-0.3, -0.25) is 0 Å². The number of thiophene rings is 1. The molecule has 1 aromatic heterocycles. The van der Waals surface area contributed by atoms with Crippen LogP contribution in [0.4, 0.5) is 0 Å². The van der Waals surface area contributed by atoms with E-state index in [1.54, 1.807) is 11.3 Å². The Morgan fingerprint density at radius 3 is 2.53 bits per heavy atom. The third-order valence-corrected chi connectivity index (χ3v) is 4.43. The largest absolute Gasteiger partial charge is 0.379 e. The van der Waals surface area contributed by atoms with E-state index in [1.165, 1.54) is 0 Å². The third-order valence-electron chi connectivity index (χ3n) is 3.47. The first-order valence-corrected chi connectivity index (χ1v) is 7.08. The zero-order valence-electron chi connectivity index (χ0n) is 10.4. The molecule has 3 aromatic rings. The summed E-state index contributed by atoms with van der Waals surface area (Å²) in [5.41, 5.74) is 6.47. The van der Waals surface area contributed by atoms with Gasteiger partial charge >= 0.3 is 0 Å². The van der Waals surface area contributed by atoms with Crippen molar-refractivity contribution in [2.24, 2.45) is 5.73 Å². The molecule has 0 fully saturated rings. The van der Waals surface area contributed by atoms with Gasteiger partial charge < -0.3 is 10.8 Å². The van der Waals surface area contributed by atoms with Gasteiger partial charge in [0.2, 0.25) is 0 Å². The lowest BCUT2D eigenvalue weighted by molar-refractivity contribution is 0.0920. The molecule has 2 nitrogen and oxygen atoms in total. The van der Waals surface area contributed by atoms with E-state index in [2.05, 4.69) is 12.1 Å². The summed E-state index contributed by atoms with van der Waals surface area (Å²) in [6, 6.07) is 17.6. The van der Waals surface area contributed by atoms with Crippen LogP contribution in [0, 0.1) is 0 Å². The van der Waals surface area contributed by atoms with Crippen molar-refractivity contribution in [1.82, 2.24) is 0 Å². The SMILES string of the molecule is NCC(O)(c1ccccc1)c1cccc2ccsc12. The topological polar surface area (TPSA) is 46.2 Å². The number of benzene rings is 2. The maximum absolute atomic E-state index is 11.1. The van der Waals surface area contributed by atoms with Crippen LogP contribution in [0.15, 0.2) is 60.0 Å². The first-order valence-electron chi connectivity index (χ1n) is 6.20. The van der Waals surface area contributed by atoms with Gasteiger partial charge in [-0.15, -0.1) is 11.3 Å². The highest BCUT2D eigenvalue weighted by Crippen LogP contribution is 2.36. The minimum Gasteiger partial charge on any atom is -0.379 e. The van der Waals surface area contributed by atoms with Gasteiger partial charge in [0, 0.05) is 16.8 Å². The molecule has 3 heteroatoms. The minimum atomic E-state index is -1.13. The zero-order chi connectivity index (χ0) is 13.3. The lowest BCUT2D eigenvalue weighted by Crippen LogP contribution is -2.36. The van der Waals surface area contributed by atoms with Crippen molar-refractivity contribution < 1.29 is 5.11 Å². The summed E-state index contributed by atoms with van der Waals surface area (Å²) in [4.78, 5) is 0. The van der Waals surface area contributed by atoms with Gasteiger partial charge in [0.15, 0.2) is 0 Å². The number of nitrogens with two attached hydrogens (primary N) is 1. The summed E-state index contributed by atoms with van der Waals surface area (Å²) in [5, 5.41) is 14.2. The molecule has 0 radical (unpaired) electrons. The first kappa shape index (κ1) is 12.4. The van der Waals surface area contributed by atoms with E-state index >= 15 is 0 Å². The number of aliphatic hydroxyl groups is 1. The monoisotopic (exact) mass is 269 g/mol. The predicted molar refractivity (Wildman–Crippen MR) is 80.3 cm³/mol. The zero-order valence-corrected chi connectivity index (χ0v) is 11.2. The summed E-state index contributed by atoms with van der Waals surface area (Å²) < 4.78 is 1.10. The van der Waals surface area contributed by atoms with Gasteiger partial charge in [-0.05, 0) is 22.4 Å². The van der Waals surface area contributed by atoms with Gasteiger partial charge in [0.05, 0.1) is 0 Å². The summed E-state index contributed by atoms with van der Waals surface area (Å²) in [5.74, 6) is 0. The molecule has 0 aliphatic carbocycles. The quantitative estimate of drug-likeness (QED) is 0.767. The van der Waals surface area contributed by atoms with Gasteiger partial charge in [0.1, 0.15) is 5.60 Å². The van der Waals surface area contributed by atoms with E-state index in [4.69, 9.17) is 5.73 Å². The smallest absolute Gasteiger partial charge is 0.128 e. The Morgan fingerprint density at radius 1 is 1.00 bits per heavy atom. The molecule has 0 saturated heterocycles. The van der Waals surface area contributed by atoms with Crippen molar-refractivity contribution in [2.45, 2.75) is 5.60 Å². The fraction of sp³-hybridized carbons (Fsp3) is 0.125. The highest BCUT2D eigenvalue weighted by Gasteiger charge is 2.31. The van der Waals surface area contributed by atoms with Crippen molar-refractivity contribution in [2.75, 3.05) is 6.54 Å². The maximum Gasteiger partial charge on any atom is 0.128 e. The van der Waals surface area contributed by atoms with Gasteiger partial charge in [0.25, 0.3) is 0 Å². The van der Waals surface area contributed by atoms with Crippen LogP contribution in [-0.4, -0.2) is 11.7 Å². The van der Waals surface area contributed by atoms with Crippen molar-refractivity contribution in [1.29, 1.82) is 0 Å². The summed E-state index contributed by atoms with van der Waals surface area (Å²) in [7, 11) is 0. The van der Waals surface area contributed by atoms with Crippen LogP contribution < -0.4 is 5.73 Å². The number of rotatable bonds is 3. The molecular formula is C16H15NOS. The maximum atomic E-state index is 11.1. The molecule has 19 heavy (non-hydrogen) atoms. The molecule has 1 unspecified atom stereocenters. The summed E-state index contributed by atoms with van der Waals surface area (Å²) >= 11 is 1.64. The fourth-order valence-corrected chi connectivity index (χ4v) is 3.40. The standard InChI is InChI=1S/C16H15NOS/c17-11-16(18,13-6-2-1-3-7-13)14-8-4-5-12-9-10-19-15(12)14/h1-10,18H,11,17H2. The number of hydrogen-bond donors (Lipinski definition) is 2. The predicted octanol–water partition coefficient (Wildman–Crippen LogP) is 3.10. The second kappa shape index (κ2) is 4.78. The van der Waals surface area contributed by atoms with Crippen LogP contribution in [0.5, 0.6) is 0 Å². The van der Waals surface area contributed by atoms with Gasteiger partial charge in [-0.2, -0.15) is 0 Å². The Balaban J connectivity index is 2.25. The van der Waals surface area contributed by atoms with Crippen molar-refractivity contribution in [3.05, 3.63) is 71.1 Å². The van der Waals surface area contributed by atoms with Crippen LogP contribution in [0.3, 0.4) is 0 Å². The van der Waals surface area contributed by atoms with Crippen LogP contribution in [-0.2, 0) is 5.60 Å². The normalized spacial score (nSPS) is 14.4. The van der Waals surface area contributed by atoms with Crippen LogP contribution in [0.25, 0.3) is 10.1 Å². The molecule has 0 saturated carbocycles. The van der Waals surface area contributed by atoms with Crippen LogP contribution in [0.1, 0.15) is 11.1 Å². The van der Waals surface area contributed by atoms with E-state index in [0.29, 0.717) is 0 Å². The van der Waals surface area contributed by atoms with Crippen LogP contribution >= 0.6 is 11.3 Å². The molecule has 1 heterocycles. The second-order valence-electron chi connectivity index (χ2n) is 4.57. The average Bonchev–Trinajstić information content (AvgIpc) is 2.95. The molecule has 96 valence electrons. The lowest BCUT2D eigenvalue weighted by Gasteiger charge is -2.28. The molecule has 3 rings (SSSR count). The summed E-state index contributed by atoms with van der Waals surface area (Å²) in [6.07, 6.45) is 0. The van der Waals surface area contributed by atoms with E-state index in [9.17, 15) is 5.11 Å². The third kappa shape index (κ3) is 1.96. The van der Waals surface area contributed by atoms with Gasteiger partial charge in [-0.1, -0.05) is 48.5 Å². The molecule has 0 amide bonds. The fourth-order valence-electron chi connectivity index (χ4n) is 2.42. The Hall–Kier alpha value is -1.68. The highest BCUT2D eigenvalue weighted by atomic mass is 32.1. The van der Waals surface area contributed by atoms with E-state index < -0.39 is 5.60 Å². The molecule has 3 N–H and O–H groups in total. The summed E-state index contributed by atoms with van der Waals surface area (Å²) in [6.45, 7) is 0.161. The molecule has 0 aliphatic rings. The Morgan fingerprint density at radius 2 is 1.79 bits per heavy atom. The number of fused-ring (bicyclic) bond motifs is 1. The number of hydrogen-bond acceptors (Lipinski definition) is 3. The average molecular weight is 269 g/mol. The van der Waals surface area contributed by atoms with E-state index in [0.717, 1.165) is 21.2 Å². The molecule has 1 atom stereocenters. The Labute approximate surface area is 116 Å². The van der Waals surface area contributed by atoms with Crippen molar-refractivity contribution >= 4 is 21.4 Å². The Kier molecular flexibility index (Phi) is 3.11. The lowest BCUT2D eigenvalue weighted by atomic mass is 9.86. The minimum absolute atomic E-state index is 0.161. The highest BCUT2D eigenvalue weighted by molar-refractivity contribution is 7.17. The first-order chi connectivity index (χ1) is 9.25. The molecule has 0 aliphatic heterocycles. The van der Waals surface area contributed by atoms with E-state index in [-0.39, 0.29) is 6.54 Å². The van der Waals surface area contributed by atoms with Crippen LogP contribution in [0.2, 0.25) is 0 Å². The van der Waals surface area contributed by atoms with E-state index in [1.807, 2.05) is 47.8 Å². The van der Waals surface area contributed by atoms with Crippen molar-refractivity contribution in [3.8, 4) is 0 Å². The molecular weight excluding hydrogens is 254 g/mol. The van der Waals surface area contributed by atoms with Crippen molar-refractivity contribution in [3.63, 3.8) is 0 Å². The Bertz CT molecular complexity index is 692. The molecule has 2 aromatic carbocycles. The molecule has 0 bridgehead atoms.